The summed E-state index contributed by atoms with van der Waals surface area (Å²) in [7, 11) is 1.52. The molecule has 5 rings (SSSR count). The molecule has 3 amide bonds. The smallest absolute Gasteiger partial charge is 0.274 e. The quantitative estimate of drug-likeness (QED) is 0.178. The van der Waals surface area contributed by atoms with Crippen LogP contribution < -0.4 is 10.5 Å². The molecular weight excluding hydrogens is 614 g/mol. The molecule has 4 aromatic rings. The van der Waals surface area contributed by atoms with E-state index in [-0.39, 0.29) is 34.1 Å². The number of rotatable bonds is 12. The zero-order chi connectivity index (χ0) is 33.7. The van der Waals surface area contributed by atoms with Gasteiger partial charge in [-0.25, -0.2) is 0 Å². The Kier molecular flexibility index (Phi) is 10.7. The van der Waals surface area contributed by atoms with Gasteiger partial charge in [0, 0.05) is 31.7 Å². The van der Waals surface area contributed by atoms with Gasteiger partial charge in [-0.05, 0) is 72.7 Å². The third kappa shape index (κ3) is 7.20. The summed E-state index contributed by atoms with van der Waals surface area (Å²) < 4.78 is 7.26. The highest BCUT2D eigenvalue weighted by molar-refractivity contribution is 6.33. The van der Waals surface area contributed by atoms with E-state index in [1.807, 2.05) is 34.9 Å². The normalized spacial score (nSPS) is 14.1. The van der Waals surface area contributed by atoms with Crippen LogP contribution in [-0.2, 0) is 13.0 Å². The number of carbonyl (C=O) groups is 3. The predicted molar refractivity (Wildman–Crippen MR) is 184 cm³/mol. The number of methoxy groups -OCH3 is 1. The van der Waals surface area contributed by atoms with E-state index in [1.165, 1.54) is 17.4 Å². The van der Waals surface area contributed by atoms with E-state index in [0.717, 1.165) is 37.7 Å². The maximum atomic E-state index is 14.6. The number of nitrogens with zero attached hydrogens (tertiary/aromatic N) is 4. The second-order valence-corrected chi connectivity index (χ2v) is 12.4. The second kappa shape index (κ2) is 14.9. The van der Waals surface area contributed by atoms with Gasteiger partial charge < -0.3 is 20.3 Å². The maximum Gasteiger partial charge on any atom is 0.274 e. The van der Waals surface area contributed by atoms with Crippen molar-refractivity contribution in [2.24, 2.45) is 5.73 Å². The minimum Gasteiger partial charge on any atom is -0.481 e. The van der Waals surface area contributed by atoms with Crippen LogP contribution in [-0.4, -0.2) is 63.5 Å². The van der Waals surface area contributed by atoms with Gasteiger partial charge in [0.1, 0.15) is 0 Å². The average molecular weight is 656 g/mol. The molecule has 0 bridgehead atoms. The van der Waals surface area contributed by atoms with Gasteiger partial charge in [-0.1, -0.05) is 74.7 Å². The van der Waals surface area contributed by atoms with E-state index in [4.69, 9.17) is 27.2 Å². The lowest BCUT2D eigenvalue weighted by Crippen LogP contribution is -2.43. The van der Waals surface area contributed by atoms with Crippen LogP contribution in [0.3, 0.4) is 0 Å². The van der Waals surface area contributed by atoms with E-state index in [1.54, 1.807) is 36.4 Å². The summed E-state index contributed by atoms with van der Waals surface area (Å²) in [6.07, 6.45) is 4.46. The molecule has 1 aliphatic rings. The van der Waals surface area contributed by atoms with Crippen LogP contribution in [0.5, 0.6) is 5.88 Å². The van der Waals surface area contributed by atoms with E-state index >= 15 is 0 Å². The third-order valence-electron chi connectivity index (χ3n) is 8.74. The van der Waals surface area contributed by atoms with Crippen molar-refractivity contribution in [2.75, 3.05) is 20.2 Å². The van der Waals surface area contributed by atoms with Crippen LogP contribution in [0, 0.1) is 0 Å². The lowest BCUT2D eigenvalue weighted by atomic mass is 9.93. The molecule has 246 valence electrons. The summed E-state index contributed by atoms with van der Waals surface area (Å²) >= 11 is 6.25. The summed E-state index contributed by atoms with van der Waals surface area (Å²) in [5, 5.41) is 4.98. The number of aromatic nitrogens is 2. The third-order valence-corrected chi connectivity index (χ3v) is 9.07. The van der Waals surface area contributed by atoms with Crippen molar-refractivity contribution in [1.82, 2.24) is 19.6 Å². The molecule has 0 fully saturated rings. The molecule has 47 heavy (non-hydrogen) atoms. The minimum absolute atomic E-state index is 0.0618. The first kappa shape index (κ1) is 33.7. The topological polar surface area (TPSA) is 111 Å². The molecule has 3 aromatic carbocycles. The van der Waals surface area contributed by atoms with Gasteiger partial charge in [-0.15, -0.1) is 0 Å². The Morgan fingerprint density at radius 1 is 0.936 bits per heavy atom. The molecule has 0 aliphatic carbocycles. The largest absolute Gasteiger partial charge is 0.481 e. The van der Waals surface area contributed by atoms with Crippen molar-refractivity contribution < 1.29 is 19.1 Å². The van der Waals surface area contributed by atoms with E-state index < -0.39 is 5.91 Å². The molecule has 9 nitrogen and oxygen atoms in total. The van der Waals surface area contributed by atoms with Gasteiger partial charge in [0.15, 0.2) is 5.69 Å². The minimum atomic E-state index is -0.643. The van der Waals surface area contributed by atoms with Gasteiger partial charge in [0.05, 0.1) is 28.9 Å². The summed E-state index contributed by atoms with van der Waals surface area (Å²) in [5.41, 5.74) is 10.6. The van der Waals surface area contributed by atoms with Gasteiger partial charge >= 0.3 is 0 Å². The number of nitrogens with two attached hydrogens (primary N) is 1. The number of carbonyl (C=O) groups excluding carboxylic acids is 3. The number of halogens is 1. The molecule has 1 aromatic heterocycles. The fourth-order valence-corrected chi connectivity index (χ4v) is 6.24. The zero-order valence-corrected chi connectivity index (χ0v) is 28.2. The fourth-order valence-electron chi connectivity index (χ4n) is 6.03. The van der Waals surface area contributed by atoms with Crippen molar-refractivity contribution in [2.45, 2.75) is 65.5 Å². The molecule has 10 heteroatoms. The van der Waals surface area contributed by atoms with Crippen LogP contribution in [0.15, 0.2) is 66.7 Å². The number of fused-ring (bicyclic) bond motifs is 1. The molecule has 0 spiro atoms. The van der Waals surface area contributed by atoms with Crippen molar-refractivity contribution in [1.29, 1.82) is 0 Å². The summed E-state index contributed by atoms with van der Waals surface area (Å²) in [6, 6.07) is 20.2. The van der Waals surface area contributed by atoms with Crippen LogP contribution in [0.1, 0.15) is 88.8 Å². The van der Waals surface area contributed by atoms with Crippen LogP contribution >= 0.6 is 11.6 Å². The highest BCUT2D eigenvalue weighted by Crippen LogP contribution is 2.33. The van der Waals surface area contributed by atoms with E-state index in [2.05, 4.69) is 26.0 Å². The van der Waals surface area contributed by atoms with Crippen molar-refractivity contribution >= 4 is 29.3 Å². The molecule has 2 heterocycles. The number of amides is 3. The molecule has 1 atom stereocenters. The average Bonchev–Trinajstić information content (AvgIpc) is 3.51. The monoisotopic (exact) mass is 655 g/mol. The van der Waals surface area contributed by atoms with Crippen LogP contribution in [0.25, 0.3) is 16.8 Å². The molecule has 1 aliphatic heterocycles. The molecule has 0 radical (unpaired) electrons. The van der Waals surface area contributed by atoms with Gasteiger partial charge in [-0.2, -0.15) is 9.78 Å². The highest BCUT2D eigenvalue weighted by Gasteiger charge is 2.31. The van der Waals surface area contributed by atoms with Crippen molar-refractivity contribution in [3.05, 3.63) is 99.7 Å². The summed E-state index contributed by atoms with van der Waals surface area (Å²) in [6.45, 7) is 7.99. The molecular formula is C37H42ClN5O4. The number of primary amides is 1. The van der Waals surface area contributed by atoms with Crippen LogP contribution in [0.4, 0.5) is 0 Å². The lowest BCUT2D eigenvalue weighted by molar-refractivity contribution is 0.0657. The maximum absolute atomic E-state index is 14.6. The Morgan fingerprint density at radius 3 is 2.21 bits per heavy atom. The fraction of sp³-hybridized carbons (Fsp3) is 0.351. The Labute approximate surface area is 281 Å². The molecule has 1 unspecified atom stereocenters. The number of benzene rings is 3. The van der Waals surface area contributed by atoms with Crippen LogP contribution in [0.2, 0.25) is 5.02 Å². The Morgan fingerprint density at radius 2 is 1.57 bits per heavy atom. The lowest BCUT2D eigenvalue weighted by Gasteiger charge is -2.35. The standard InChI is InChI=1S/C37H42ClN5O4/c1-5-7-17-41(18-8-6-2)37(46)32-22-34(47-4)43(40-32)33-16-14-27(26-13-15-31(38)29(20-26)35(39)44)21-30(33)36(45)42-23-28-12-10-9-11-25(28)19-24(42)3/h9-16,20-22,24H,5-8,17-19,23H2,1-4H3,(H2,39,44). The first-order valence-corrected chi connectivity index (χ1v) is 16.6. The highest BCUT2D eigenvalue weighted by atomic mass is 35.5. The second-order valence-electron chi connectivity index (χ2n) is 12.0. The number of unbranched alkanes of at least 4 members (excludes halogenated alkanes) is 2. The van der Waals surface area contributed by atoms with Gasteiger partial charge in [0.25, 0.3) is 11.8 Å². The predicted octanol–water partition coefficient (Wildman–Crippen LogP) is 6.93. The van der Waals surface area contributed by atoms with Crippen molar-refractivity contribution in [3.63, 3.8) is 0 Å². The van der Waals surface area contributed by atoms with E-state index in [0.29, 0.717) is 47.9 Å². The SMILES string of the molecule is CCCCN(CCCC)C(=O)c1cc(OC)n(-c2ccc(-c3ccc(Cl)c(C(N)=O)c3)cc2C(=O)N2Cc3ccccc3CC2C)n1. The van der Waals surface area contributed by atoms with Crippen molar-refractivity contribution in [3.8, 4) is 22.7 Å². The number of hydrogen-bond donors (Lipinski definition) is 1. The Bertz CT molecular complexity index is 1780. The molecule has 2 N–H and O–H groups in total. The number of ether oxygens (including phenoxy) is 1. The Balaban J connectivity index is 1.62. The first-order chi connectivity index (χ1) is 22.7. The van der Waals surface area contributed by atoms with Gasteiger partial charge in [-0.3, -0.25) is 14.4 Å². The van der Waals surface area contributed by atoms with E-state index in [9.17, 15) is 14.4 Å². The molecule has 0 saturated heterocycles. The first-order valence-electron chi connectivity index (χ1n) is 16.2. The molecule has 0 saturated carbocycles. The zero-order valence-electron chi connectivity index (χ0n) is 27.5. The summed E-state index contributed by atoms with van der Waals surface area (Å²) in [4.78, 5) is 44.1. The number of hydrogen-bond acceptors (Lipinski definition) is 5. The van der Waals surface area contributed by atoms with Gasteiger partial charge in [0.2, 0.25) is 11.8 Å². The summed E-state index contributed by atoms with van der Waals surface area (Å²) in [5.74, 6) is -0.669. The Hall–Kier alpha value is -4.63.